The molecule has 5 atom stereocenters. The maximum absolute atomic E-state index is 11.5. The Labute approximate surface area is 187 Å². The Balaban J connectivity index is 1.70. The lowest BCUT2D eigenvalue weighted by Gasteiger charge is -2.23. The molecule has 1 aliphatic rings. The van der Waals surface area contributed by atoms with Crippen LogP contribution in [0, 0.1) is 11.8 Å². The molecule has 174 valence electrons. The molecular weight excluding hydrogens is 392 g/mol. The molecule has 1 aromatic carbocycles. The van der Waals surface area contributed by atoms with Gasteiger partial charge in [0.1, 0.15) is 0 Å². The Morgan fingerprint density at radius 3 is 2.52 bits per heavy atom. The third kappa shape index (κ3) is 9.55. The second-order valence-corrected chi connectivity index (χ2v) is 9.09. The van der Waals surface area contributed by atoms with Crippen molar-refractivity contribution >= 4 is 5.97 Å². The summed E-state index contributed by atoms with van der Waals surface area (Å²) in [5.74, 6) is -0.144. The summed E-state index contributed by atoms with van der Waals surface area (Å²) in [6.07, 6.45) is 8.58. The topological polar surface area (TPSA) is 87.0 Å². The number of aliphatic hydroxyl groups excluding tert-OH is 3. The first kappa shape index (κ1) is 25.6. The van der Waals surface area contributed by atoms with E-state index in [1.165, 1.54) is 5.56 Å². The summed E-state index contributed by atoms with van der Waals surface area (Å²) >= 11 is 0. The van der Waals surface area contributed by atoms with Crippen LogP contribution in [0.15, 0.2) is 42.5 Å². The number of benzene rings is 1. The number of carbonyl (C=O) groups is 1. The van der Waals surface area contributed by atoms with Crippen LogP contribution >= 0.6 is 0 Å². The molecule has 1 aliphatic carbocycles. The van der Waals surface area contributed by atoms with Crippen LogP contribution in [0.3, 0.4) is 0 Å². The van der Waals surface area contributed by atoms with E-state index in [1.54, 1.807) is 0 Å². The molecule has 0 amide bonds. The van der Waals surface area contributed by atoms with Crippen LogP contribution in [0.25, 0.3) is 0 Å². The van der Waals surface area contributed by atoms with Crippen LogP contribution in [0.2, 0.25) is 0 Å². The van der Waals surface area contributed by atoms with Crippen LogP contribution in [0.1, 0.15) is 70.8 Å². The van der Waals surface area contributed by atoms with Gasteiger partial charge in [0.25, 0.3) is 0 Å². The summed E-state index contributed by atoms with van der Waals surface area (Å²) in [5, 5.41) is 31.2. The molecule has 5 nitrogen and oxygen atoms in total. The average Bonchev–Trinajstić information content (AvgIpc) is 3.00. The monoisotopic (exact) mass is 432 g/mol. The van der Waals surface area contributed by atoms with Crippen LogP contribution in [0.5, 0.6) is 0 Å². The Morgan fingerprint density at radius 1 is 1.10 bits per heavy atom. The maximum Gasteiger partial charge on any atom is 0.306 e. The van der Waals surface area contributed by atoms with Crippen molar-refractivity contribution in [2.24, 2.45) is 11.8 Å². The van der Waals surface area contributed by atoms with E-state index >= 15 is 0 Å². The maximum atomic E-state index is 11.5. The van der Waals surface area contributed by atoms with E-state index in [4.69, 9.17) is 4.74 Å². The number of carbonyl (C=O) groups excluding carboxylic acids is 1. The Hall–Kier alpha value is -1.69. The van der Waals surface area contributed by atoms with Gasteiger partial charge in [-0.15, -0.1) is 0 Å². The number of esters is 1. The molecule has 0 unspecified atom stereocenters. The van der Waals surface area contributed by atoms with Crippen molar-refractivity contribution in [2.75, 3.05) is 0 Å². The second-order valence-electron chi connectivity index (χ2n) is 9.09. The minimum absolute atomic E-state index is 0.00652. The fourth-order valence-corrected chi connectivity index (χ4v) is 4.47. The first-order chi connectivity index (χ1) is 14.9. The van der Waals surface area contributed by atoms with Crippen molar-refractivity contribution in [1.29, 1.82) is 0 Å². The summed E-state index contributed by atoms with van der Waals surface area (Å²) in [6, 6.07) is 10.1. The largest absolute Gasteiger partial charge is 0.463 e. The molecule has 0 saturated heterocycles. The standard InChI is InChI=1S/C26H40O5/c1-19(2)31-26(30)13-9-4-3-8-12-22-23(25(29)18-24(22)28)17-16-21(27)15-14-20-10-6-5-7-11-20/h3,5-8,10-11,19,21-25,27-29H,4,9,12-18H2,1-2H3/b8-3+/t21-,22-,23-,24+,25-/m1/s1. The van der Waals surface area contributed by atoms with Gasteiger partial charge in [0.2, 0.25) is 0 Å². The van der Waals surface area contributed by atoms with E-state index in [0.717, 1.165) is 19.3 Å². The van der Waals surface area contributed by atoms with Gasteiger partial charge < -0.3 is 20.1 Å². The SMILES string of the molecule is CC(C)OC(=O)CCC/C=C/C[C@@H]1[C@@H](CC[C@H](O)CCc2ccccc2)[C@H](O)C[C@@H]1O. The molecule has 0 bridgehead atoms. The lowest BCUT2D eigenvalue weighted by Crippen LogP contribution is -2.23. The molecule has 0 heterocycles. The van der Waals surface area contributed by atoms with E-state index < -0.39 is 18.3 Å². The molecule has 0 aromatic heterocycles. The highest BCUT2D eigenvalue weighted by atomic mass is 16.5. The number of unbranched alkanes of at least 4 members (excludes halogenated alkanes) is 1. The van der Waals surface area contributed by atoms with Crippen molar-refractivity contribution < 1.29 is 24.9 Å². The molecule has 0 radical (unpaired) electrons. The number of hydrogen-bond acceptors (Lipinski definition) is 5. The quantitative estimate of drug-likeness (QED) is 0.247. The van der Waals surface area contributed by atoms with Gasteiger partial charge in [0, 0.05) is 6.42 Å². The number of aliphatic hydroxyl groups is 3. The minimum atomic E-state index is -0.513. The Kier molecular flexibility index (Phi) is 11.3. The fourth-order valence-electron chi connectivity index (χ4n) is 4.47. The zero-order valence-corrected chi connectivity index (χ0v) is 19.0. The highest BCUT2D eigenvalue weighted by Gasteiger charge is 2.40. The molecule has 0 aliphatic heterocycles. The van der Waals surface area contributed by atoms with Crippen LogP contribution in [0.4, 0.5) is 0 Å². The Morgan fingerprint density at radius 2 is 1.81 bits per heavy atom. The van der Waals surface area contributed by atoms with Crippen LogP contribution < -0.4 is 0 Å². The van der Waals surface area contributed by atoms with Gasteiger partial charge >= 0.3 is 5.97 Å². The Bertz CT molecular complexity index is 657. The summed E-state index contributed by atoms with van der Waals surface area (Å²) < 4.78 is 5.12. The van der Waals surface area contributed by atoms with Crippen molar-refractivity contribution in [1.82, 2.24) is 0 Å². The minimum Gasteiger partial charge on any atom is -0.463 e. The van der Waals surface area contributed by atoms with E-state index in [1.807, 2.05) is 38.1 Å². The zero-order valence-electron chi connectivity index (χ0n) is 19.0. The van der Waals surface area contributed by atoms with Crippen molar-refractivity contribution in [3.63, 3.8) is 0 Å². The highest BCUT2D eigenvalue weighted by molar-refractivity contribution is 5.69. The third-order valence-corrected chi connectivity index (χ3v) is 6.16. The first-order valence-electron chi connectivity index (χ1n) is 11.8. The molecule has 0 spiro atoms. The predicted molar refractivity (Wildman–Crippen MR) is 122 cm³/mol. The molecule has 3 N–H and O–H groups in total. The van der Waals surface area contributed by atoms with Gasteiger partial charge in [-0.25, -0.2) is 0 Å². The summed E-state index contributed by atoms with van der Waals surface area (Å²) in [4.78, 5) is 11.5. The van der Waals surface area contributed by atoms with Crippen LogP contribution in [-0.4, -0.2) is 45.7 Å². The van der Waals surface area contributed by atoms with E-state index in [2.05, 4.69) is 18.2 Å². The lowest BCUT2D eigenvalue weighted by molar-refractivity contribution is -0.147. The van der Waals surface area contributed by atoms with Crippen LogP contribution in [-0.2, 0) is 16.0 Å². The van der Waals surface area contributed by atoms with Gasteiger partial charge in [-0.05, 0) is 82.6 Å². The molecule has 5 heteroatoms. The van der Waals surface area contributed by atoms with Gasteiger partial charge in [0.05, 0.1) is 24.4 Å². The predicted octanol–water partition coefficient (Wildman–Crippen LogP) is 4.19. The smallest absolute Gasteiger partial charge is 0.306 e. The summed E-state index contributed by atoms with van der Waals surface area (Å²) in [7, 11) is 0. The average molecular weight is 433 g/mol. The zero-order chi connectivity index (χ0) is 22.6. The van der Waals surface area contributed by atoms with Crippen molar-refractivity contribution in [3.8, 4) is 0 Å². The van der Waals surface area contributed by atoms with E-state index in [9.17, 15) is 20.1 Å². The van der Waals surface area contributed by atoms with Gasteiger partial charge in [0.15, 0.2) is 0 Å². The fraction of sp³-hybridized carbons (Fsp3) is 0.654. The molecule has 1 fully saturated rings. The number of aryl methyl sites for hydroxylation is 1. The first-order valence-corrected chi connectivity index (χ1v) is 11.8. The molecule has 31 heavy (non-hydrogen) atoms. The van der Waals surface area contributed by atoms with Crippen molar-refractivity contribution in [3.05, 3.63) is 48.0 Å². The second kappa shape index (κ2) is 13.7. The normalized spacial score (nSPS) is 24.7. The molecule has 2 rings (SSSR count). The van der Waals surface area contributed by atoms with Gasteiger partial charge in [-0.2, -0.15) is 0 Å². The van der Waals surface area contributed by atoms with E-state index in [-0.39, 0.29) is 23.9 Å². The van der Waals surface area contributed by atoms with Gasteiger partial charge in [-0.3, -0.25) is 4.79 Å². The third-order valence-electron chi connectivity index (χ3n) is 6.16. The molecular formula is C26H40O5. The number of allylic oxidation sites excluding steroid dienone is 2. The molecule has 1 aromatic rings. The lowest BCUT2D eigenvalue weighted by atomic mass is 9.85. The summed E-state index contributed by atoms with van der Waals surface area (Å²) in [5.41, 5.74) is 1.22. The number of ether oxygens (including phenoxy) is 1. The van der Waals surface area contributed by atoms with Gasteiger partial charge in [-0.1, -0.05) is 42.5 Å². The highest BCUT2D eigenvalue weighted by Crippen LogP contribution is 2.38. The number of hydrogen-bond donors (Lipinski definition) is 3. The summed E-state index contributed by atoms with van der Waals surface area (Å²) in [6.45, 7) is 3.69. The van der Waals surface area contributed by atoms with E-state index in [0.29, 0.717) is 38.5 Å². The molecule has 1 saturated carbocycles. The number of rotatable bonds is 13. The van der Waals surface area contributed by atoms with Crippen molar-refractivity contribution in [2.45, 2.75) is 96.1 Å².